The third kappa shape index (κ3) is 4.14. The van der Waals surface area contributed by atoms with Crippen molar-refractivity contribution in [2.75, 3.05) is 10.6 Å². The quantitative estimate of drug-likeness (QED) is 0.734. The lowest BCUT2D eigenvalue weighted by atomic mass is 10.2. The number of rotatable bonds is 4. The Balaban J connectivity index is 1.69. The maximum absolute atomic E-state index is 13.6. The molecular weight excluding hydrogens is 331 g/mol. The van der Waals surface area contributed by atoms with Gasteiger partial charge < -0.3 is 10.6 Å². The summed E-state index contributed by atoms with van der Waals surface area (Å²) in [5.74, 6) is -2.09. The van der Waals surface area contributed by atoms with E-state index in [4.69, 9.17) is 0 Å². The van der Waals surface area contributed by atoms with E-state index in [0.717, 1.165) is 18.2 Å². The summed E-state index contributed by atoms with van der Waals surface area (Å²) in [6.45, 7) is 0. The number of nitrogens with one attached hydrogen (secondary N) is 2. The Bertz CT molecular complexity index is 914. The Kier molecular flexibility index (Phi) is 4.65. The fourth-order valence-electron chi connectivity index (χ4n) is 2.10. The fourth-order valence-corrected chi connectivity index (χ4v) is 2.10. The molecule has 7 heteroatoms. The Labute approximate surface area is 141 Å². The lowest BCUT2D eigenvalue weighted by molar-refractivity contribution is 0.102. The Hall–Kier alpha value is -3.35. The lowest BCUT2D eigenvalue weighted by Gasteiger charge is -2.09. The number of anilines is 3. The van der Waals surface area contributed by atoms with Crippen molar-refractivity contribution in [2.45, 2.75) is 0 Å². The highest BCUT2D eigenvalue weighted by Crippen LogP contribution is 2.20. The maximum atomic E-state index is 13.6. The predicted octanol–water partition coefficient (Wildman–Crippen LogP) is 4.49. The summed E-state index contributed by atoms with van der Waals surface area (Å²) in [6.07, 6.45) is 1.36. The first-order chi connectivity index (χ1) is 12.0. The van der Waals surface area contributed by atoms with Crippen molar-refractivity contribution in [2.24, 2.45) is 0 Å². The summed E-state index contributed by atoms with van der Waals surface area (Å²) in [4.78, 5) is 16.1. The first kappa shape index (κ1) is 16.5. The van der Waals surface area contributed by atoms with Crippen molar-refractivity contribution < 1.29 is 18.0 Å². The maximum Gasteiger partial charge on any atom is 0.255 e. The van der Waals surface area contributed by atoms with Crippen molar-refractivity contribution in [1.29, 1.82) is 0 Å². The van der Waals surface area contributed by atoms with Gasteiger partial charge in [-0.1, -0.05) is 6.07 Å². The van der Waals surface area contributed by atoms with Gasteiger partial charge in [-0.3, -0.25) is 4.79 Å². The summed E-state index contributed by atoms with van der Waals surface area (Å²) in [6, 6.07) is 11.5. The molecule has 1 heterocycles. The normalized spacial score (nSPS) is 10.4. The number of benzene rings is 2. The Morgan fingerprint density at radius 1 is 0.920 bits per heavy atom. The number of halogens is 3. The molecule has 0 spiro atoms. The van der Waals surface area contributed by atoms with Crippen LogP contribution in [0.15, 0.2) is 60.8 Å². The van der Waals surface area contributed by atoms with Gasteiger partial charge in [-0.15, -0.1) is 0 Å². The molecule has 0 aliphatic carbocycles. The predicted molar refractivity (Wildman–Crippen MR) is 88.2 cm³/mol. The van der Waals surface area contributed by atoms with Gasteiger partial charge in [0.1, 0.15) is 23.3 Å². The zero-order chi connectivity index (χ0) is 17.8. The SMILES string of the molecule is O=C(Nc1ccc(Nc2ccc(F)cc2F)nc1)c1cccc(F)c1. The van der Waals surface area contributed by atoms with Crippen LogP contribution in [0.2, 0.25) is 0 Å². The van der Waals surface area contributed by atoms with Gasteiger partial charge in [-0.25, -0.2) is 18.2 Å². The van der Waals surface area contributed by atoms with Crippen molar-refractivity contribution in [1.82, 2.24) is 4.98 Å². The fraction of sp³-hybridized carbons (Fsp3) is 0. The lowest BCUT2D eigenvalue weighted by Crippen LogP contribution is -2.12. The molecule has 0 saturated heterocycles. The highest BCUT2D eigenvalue weighted by atomic mass is 19.1. The number of carbonyl (C=O) groups excluding carboxylic acids is 1. The zero-order valence-electron chi connectivity index (χ0n) is 12.8. The molecule has 1 amide bonds. The molecule has 2 aromatic carbocycles. The number of hydrogen-bond donors (Lipinski definition) is 2. The summed E-state index contributed by atoms with van der Waals surface area (Å²) in [5, 5.41) is 5.28. The van der Waals surface area contributed by atoms with Crippen LogP contribution < -0.4 is 10.6 Å². The third-order valence-electron chi connectivity index (χ3n) is 3.30. The van der Waals surface area contributed by atoms with Crippen molar-refractivity contribution in [3.05, 3.63) is 83.8 Å². The van der Waals surface area contributed by atoms with E-state index in [1.165, 1.54) is 36.5 Å². The highest BCUT2D eigenvalue weighted by Gasteiger charge is 2.08. The molecule has 0 aliphatic rings. The standard InChI is InChI=1S/C18H12F3N3O/c19-12-3-1-2-11(8-12)18(25)23-14-5-7-17(22-10-14)24-16-6-4-13(20)9-15(16)21/h1-10H,(H,22,24)(H,23,25). The van der Waals surface area contributed by atoms with Crippen LogP contribution in [0.25, 0.3) is 0 Å². The smallest absolute Gasteiger partial charge is 0.255 e. The minimum absolute atomic E-state index is 0.0745. The second-order valence-corrected chi connectivity index (χ2v) is 5.15. The van der Waals surface area contributed by atoms with Gasteiger partial charge in [0.15, 0.2) is 0 Å². The molecule has 2 N–H and O–H groups in total. The number of hydrogen-bond acceptors (Lipinski definition) is 3. The largest absolute Gasteiger partial charge is 0.338 e. The van der Waals surface area contributed by atoms with Crippen LogP contribution in [0, 0.1) is 17.5 Å². The van der Waals surface area contributed by atoms with E-state index in [-0.39, 0.29) is 11.3 Å². The number of amides is 1. The molecule has 3 aromatic rings. The van der Waals surface area contributed by atoms with Crippen molar-refractivity contribution in [3.63, 3.8) is 0 Å². The topological polar surface area (TPSA) is 54.0 Å². The van der Waals surface area contributed by atoms with E-state index in [0.29, 0.717) is 11.5 Å². The van der Waals surface area contributed by atoms with E-state index < -0.39 is 23.4 Å². The van der Waals surface area contributed by atoms with Gasteiger partial charge in [0.25, 0.3) is 5.91 Å². The molecule has 0 bridgehead atoms. The molecule has 0 fully saturated rings. The minimum atomic E-state index is -0.745. The number of aromatic nitrogens is 1. The number of pyridine rings is 1. The summed E-state index contributed by atoms with van der Waals surface area (Å²) in [7, 11) is 0. The summed E-state index contributed by atoms with van der Waals surface area (Å²) < 4.78 is 39.6. The summed E-state index contributed by atoms with van der Waals surface area (Å²) in [5.41, 5.74) is 0.639. The first-order valence-corrected chi connectivity index (χ1v) is 7.26. The van der Waals surface area contributed by atoms with Crippen molar-refractivity contribution in [3.8, 4) is 0 Å². The van der Waals surface area contributed by atoms with Crippen LogP contribution in [0.3, 0.4) is 0 Å². The molecular formula is C18H12F3N3O. The van der Waals surface area contributed by atoms with Gasteiger partial charge in [-0.05, 0) is 42.5 Å². The van der Waals surface area contributed by atoms with E-state index >= 15 is 0 Å². The highest BCUT2D eigenvalue weighted by molar-refractivity contribution is 6.04. The molecule has 0 saturated carbocycles. The Morgan fingerprint density at radius 2 is 1.72 bits per heavy atom. The minimum Gasteiger partial charge on any atom is -0.338 e. The molecule has 1 aromatic heterocycles. The zero-order valence-corrected chi connectivity index (χ0v) is 12.8. The second kappa shape index (κ2) is 7.04. The van der Waals surface area contributed by atoms with E-state index in [1.807, 2.05) is 0 Å². The van der Waals surface area contributed by atoms with Crippen LogP contribution in [-0.4, -0.2) is 10.9 Å². The van der Waals surface area contributed by atoms with E-state index in [1.54, 1.807) is 6.07 Å². The second-order valence-electron chi connectivity index (χ2n) is 5.15. The first-order valence-electron chi connectivity index (χ1n) is 7.26. The molecule has 25 heavy (non-hydrogen) atoms. The van der Waals surface area contributed by atoms with Crippen LogP contribution in [0.4, 0.5) is 30.4 Å². The van der Waals surface area contributed by atoms with Gasteiger partial charge >= 0.3 is 0 Å². The average Bonchev–Trinajstić information content (AvgIpc) is 2.59. The van der Waals surface area contributed by atoms with Crippen molar-refractivity contribution >= 4 is 23.1 Å². The van der Waals surface area contributed by atoms with Gasteiger partial charge in [-0.2, -0.15) is 0 Å². The van der Waals surface area contributed by atoms with E-state index in [2.05, 4.69) is 15.6 Å². The number of nitrogens with zero attached hydrogens (tertiary/aromatic N) is 1. The molecule has 4 nitrogen and oxygen atoms in total. The van der Waals surface area contributed by atoms with Gasteiger partial charge in [0.05, 0.1) is 17.6 Å². The van der Waals surface area contributed by atoms with Crippen LogP contribution in [-0.2, 0) is 0 Å². The van der Waals surface area contributed by atoms with Crippen LogP contribution >= 0.6 is 0 Å². The molecule has 0 atom stereocenters. The molecule has 3 rings (SSSR count). The van der Waals surface area contributed by atoms with Crippen LogP contribution in [0.1, 0.15) is 10.4 Å². The molecule has 126 valence electrons. The molecule has 0 radical (unpaired) electrons. The number of carbonyl (C=O) groups is 1. The average molecular weight is 343 g/mol. The monoisotopic (exact) mass is 343 g/mol. The van der Waals surface area contributed by atoms with Gasteiger partial charge in [0, 0.05) is 11.6 Å². The Morgan fingerprint density at radius 3 is 2.40 bits per heavy atom. The van der Waals surface area contributed by atoms with Crippen LogP contribution in [0.5, 0.6) is 0 Å². The molecule has 0 aliphatic heterocycles. The van der Waals surface area contributed by atoms with E-state index in [9.17, 15) is 18.0 Å². The summed E-state index contributed by atoms with van der Waals surface area (Å²) >= 11 is 0. The molecule has 0 unspecified atom stereocenters. The van der Waals surface area contributed by atoms with Gasteiger partial charge in [0.2, 0.25) is 0 Å². The third-order valence-corrected chi connectivity index (χ3v) is 3.30.